The molecule has 0 radical (unpaired) electrons. The Morgan fingerprint density at radius 2 is 2.00 bits per heavy atom. The van der Waals surface area contributed by atoms with E-state index in [2.05, 4.69) is 22.1 Å². The summed E-state index contributed by atoms with van der Waals surface area (Å²) in [6, 6.07) is 12.1. The molecule has 0 atom stereocenters. The van der Waals surface area contributed by atoms with E-state index in [0.717, 1.165) is 31.8 Å². The summed E-state index contributed by atoms with van der Waals surface area (Å²) in [7, 11) is 0. The largest absolute Gasteiger partial charge is 0.233 e. The molecule has 0 saturated heterocycles. The second kappa shape index (κ2) is 5.49. The van der Waals surface area contributed by atoms with Crippen molar-refractivity contribution in [3.05, 3.63) is 51.4 Å². The van der Waals surface area contributed by atoms with E-state index in [1.807, 2.05) is 31.2 Å². The molecule has 0 bridgehead atoms. The number of rotatable bonds is 3. The highest BCUT2D eigenvalue weighted by Crippen LogP contribution is 2.31. The van der Waals surface area contributed by atoms with Gasteiger partial charge in [0, 0.05) is 16.0 Å². The fraction of sp³-hybridized carbons (Fsp3) is 0.143. The minimum Gasteiger partial charge on any atom is -0.233 e. The van der Waals surface area contributed by atoms with Crippen LogP contribution >= 0.6 is 34.7 Å². The molecule has 3 rings (SSSR count). The maximum absolute atomic E-state index is 5.95. The highest BCUT2D eigenvalue weighted by molar-refractivity contribution is 7.98. The second-order valence-corrected chi connectivity index (χ2v) is 6.85. The zero-order valence-corrected chi connectivity index (χ0v) is 12.6. The van der Waals surface area contributed by atoms with E-state index < -0.39 is 0 Å². The van der Waals surface area contributed by atoms with Gasteiger partial charge < -0.3 is 0 Å². The van der Waals surface area contributed by atoms with Crippen molar-refractivity contribution in [1.29, 1.82) is 0 Å². The van der Waals surface area contributed by atoms with Crippen LogP contribution in [-0.2, 0) is 5.75 Å². The Labute approximate surface area is 124 Å². The van der Waals surface area contributed by atoms with Crippen molar-refractivity contribution >= 4 is 45.6 Å². The second-order valence-electron chi connectivity index (χ2n) is 4.09. The molecule has 0 aliphatic rings. The first-order valence-electron chi connectivity index (χ1n) is 5.83. The molecule has 0 spiro atoms. The minimum atomic E-state index is 0.811. The van der Waals surface area contributed by atoms with Crippen molar-refractivity contribution in [1.82, 2.24) is 9.97 Å². The van der Waals surface area contributed by atoms with Gasteiger partial charge in [-0.1, -0.05) is 29.8 Å². The summed E-state index contributed by atoms with van der Waals surface area (Å²) in [5.41, 5.74) is 1.00. The Balaban J connectivity index is 1.91. The predicted molar refractivity (Wildman–Crippen MR) is 83.2 cm³/mol. The van der Waals surface area contributed by atoms with Crippen LogP contribution in [0.25, 0.3) is 10.9 Å². The van der Waals surface area contributed by atoms with E-state index in [9.17, 15) is 0 Å². The van der Waals surface area contributed by atoms with Crippen LogP contribution in [-0.4, -0.2) is 9.97 Å². The molecule has 0 aliphatic carbocycles. The molecule has 0 unspecified atom stereocenters. The van der Waals surface area contributed by atoms with Crippen LogP contribution in [0.5, 0.6) is 0 Å². The Morgan fingerprint density at radius 3 is 2.79 bits per heavy atom. The van der Waals surface area contributed by atoms with Crippen molar-refractivity contribution in [3.8, 4) is 0 Å². The Kier molecular flexibility index (Phi) is 3.73. The Morgan fingerprint density at radius 1 is 1.16 bits per heavy atom. The summed E-state index contributed by atoms with van der Waals surface area (Å²) >= 11 is 9.30. The third-order valence-corrected chi connectivity index (χ3v) is 5.11. The first-order chi connectivity index (χ1) is 9.22. The molecule has 19 heavy (non-hydrogen) atoms. The molecule has 96 valence electrons. The van der Waals surface area contributed by atoms with Gasteiger partial charge in [-0.05, 0) is 25.1 Å². The number of benzene rings is 1. The van der Waals surface area contributed by atoms with Crippen LogP contribution in [0.2, 0.25) is 4.34 Å². The van der Waals surface area contributed by atoms with E-state index in [1.54, 1.807) is 23.1 Å². The highest BCUT2D eigenvalue weighted by atomic mass is 35.5. The summed E-state index contributed by atoms with van der Waals surface area (Å²) in [6.45, 7) is 1.93. The first kappa shape index (κ1) is 12.9. The van der Waals surface area contributed by atoms with E-state index in [4.69, 9.17) is 11.6 Å². The Bertz CT molecular complexity index is 724. The number of hydrogen-bond donors (Lipinski definition) is 0. The molecule has 2 heterocycles. The van der Waals surface area contributed by atoms with Gasteiger partial charge in [0.1, 0.15) is 10.9 Å². The fourth-order valence-electron chi connectivity index (χ4n) is 1.84. The molecule has 1 aromatic carbocycles. The van der Waals surface area contributed by atoms with Crippen LogP contribution in [0.1, 0.15) is 10.7 Å². The third kappa shape index (κ3) is 2.91. The van der Waals surface area contributed by atoms with Gasteiger partial charge in [-0.15, -0.1) is 23.1 Å². The molecule has 0 aliphatic heterocycles. The first-order valence-corrected chi connectivity index (χ1v) is 8.01. The van der Waals surface area contributed by atoms with E-state index in [1.165, 1.54) is 4.88 Å². The Hall–Kier alpha value is -1.10. The number of halogens is 1. The predicted octanol–water partition coefficient (Wildman–Crippen LogP) is 4.95. The lowest BCUT2D eigenvalue weighted by Crippen LogP contribution is -1.92. The van der Waals surface area contributed by atoms with Gasteiger partial charge >= 0.3 is 0 Å². The molecule has 0 saturated carbocycles. The molecular formula is C14H11ClN2S2. The van der Waals surface area contributed by atoms with Gasteiger partial charge in [-0.25, -0.2) is 9.97 Å². The summed E-state index contributed by atoms with van der Waals surface area (Å²) in [5, 5.41) is 2.15. The molecule has 2 nitrogen and oxygen atoms in total. The van der Waals surface area contributed by atoms with Crippen LogP contribution < -0.4 is 0 Å². The van der Waals surface area contributed by atoms with Crippen molar-refractivity contribution < 1.29 is 0 Å². The topological polar surface area (TPSA) is 25.8 Å². The minimum absolute atomic E-state index is 0.811. The molecule has 0 fully saturated rings. The lowest BCUT2D eigenvalue weighted by Gasteiger charge is -2.05. The zero-order chi connectivity index (χ0) is 13.2. The monoisotopic (exact) mass is 306 g/mol. The maximum atomic E-state index is 5.95. The lowest BCUT2D eigenvalue weighted by atomic mass is 10.2. The third-order valence-electron chi connectivity index (χ3n) is 2.66. The van der Waals surface area contributed by atoms with E-state index >= 15 is 0 Å². The smallest absolute Gasteiger partial charge is 0.127 e. The number of thioether (sulfide) groups is 1. The summed E-state index contributed by atoms with van der Waals surface area (Å²) in [5.74, 6) is 1.70. The maximum Gasteiger partial charge on any atom is 0.127 e. The van der Waals surface area contributed by atoms with Crippen molar-refractivity contribution in [2.75, 3.05) is 0 Å². The van der Waals surface area contributed by atoms with Crippen molar-refractivity contribution in [2.24, 2.45) is 0 Å². The van der Waals surface area contributed by atoms with Gasteiger partial charge in [0.2, 0.25) is 0 Å². The quantitative estimate of drug-likeness (QED) is 0.506. The average Bonchev–Trinajstić information content (AvgIpc) is 2.81. The molecule has 2 aromatic heterocycles. The molecule has 0 amide bonds. The number of hydrogen-bond acceptors (Lipinski definition) is 4. The van der Waals surface area contributed by atoms with Gasteiger partial charge in [-0.3, -0.25) is 0 Å². The van der Waals surface area contributed by atoms with Crippen LogP contribution in [0.3, 0.4) is 0 Å². The average molecular weight is 307 g/mol. The molecule has 0 N–H and O–H groups in total. The van der Waals surface area contributed by atoms with Gasteiger partial charge in [0.15, 0.2) is 0 Å². The van der Waals surface area contributed by atoms with Gasteiger partial charge in [0.05, 0.1) is 9.85 Å². The van der Waals surface area contributed by atoms with Crippen LogP contribution in [0.15, 0.2) is 41.4 Å². The van der Waals surface area contributed by atoms with Crippen molar-refractivity contribution in [2.45, 2.75) is 17.7 Å². The van der Waals surface area contributed by atoms with E-state index in [-0.39, 0.29) is 0 Å². The van der Waals surface area contributed by atoms with E-state index in [0.29, 0.717) is 0 Å². The number of aromatic nitrogens is 2. The number of nitrogens with zero attached hydrogens (tertiary/aromatic N) is 2. The highest BCUT2D eigenvalue weighted by Gasteiger charge is 2.07. The number of fused-ring (bicyclic) bond motifs is 1. The number of aryl methyl sites for hydroxylation is 1. The summed E-state index contributed by atoms with van der Waals surface area (Å²) < 4.78 is 0.833. The van der Waals surface area contributed by atoms with Crippen LogP contribution in [0, 0.1) is 6.92 Å². The summed E-state index contributed by atoms with van der Waals surface area (Å²) in [6.07, 6.45) is 0. The standard InChI is InChI=1S/C14H11ClN2S2/c1-9-16-12-5-3-2-4-11(12)14(17-9)18-8-10-6-7-13(15)19-10/h2-7H,8H2,1H3. The molecule has 5 heteroatoms. The number of para-hydroxylation sites is 1. The normalized spacial score (nSPS) is 11.1. The summed E-state index contributed by atoms with van der Waals surface area (Å²) in [4.78, 5) is 10.3. The number of thiophene rings is 1. The molecular weight excluding hydrogens is 296 g/mol. The van der Waals surface area contributed by atoms with Gasteiger partial charge in [-0.2, -0.15) is 0 Å². The lowest BCUT2D eigenvalue weighted by molar-refractivity contribution is 1.01. The fourth-order valence-corrected chi connectivity index (χ4v) is 4.03. The SMILES string of the molecule is Cc1nc(SCc2ccc(Cl)s2)c2ccccc2n1. The van der Waals surface area contributed by atoms with Gasteiger partial charge in [0.25, 0.3) is 0 Å². The van der Waals surface area contributed by atoms with Crippen LogP contribution in [0.4, 0.5) is 0 Å². The van der Waals surface area contributed by atoms with Crippen molar-refractivity contribution in [3.63, 3.8) is 0 Å². The molecule has 3 aromatic rings. The zero-order valence-electron chi connectivity index (χ0n) is 10.3.